The fraction of sp³-hybridized carbons (Fsp3) is 0.611. The summed E-state index contributed by atoms with van der Waals surface area (Å²) >= 11 is 0. The number of nitrogens with two attached hydrogens (primary N) is 1. The van der Waals surface area contributed by atoms with E-state index in [1.165, 1.54) is 6.42 Å². The molecule has 1 amide bonds. The van der Waals surface area contributed by atoms with E-state index in [1.807, 2.05) is 6.92 Å². The summed E-state index contributed by atoms with van der Waals surface area (Å²) in [6, 6.07) is 2.11. The number of hydrogen-bond acceptors (Lipinski definition) is 4. The number of pyridine rings is 1. The van der Waals surface area contributed by atoms with Crippen LogP contribution in [-0.4, -0.2) is 32.8 Å². The topological polar surface area (TPSA) is 106 Å². The van der Waals surface area contributed by atoms with E-state index in [2.05, 4.69) is 15.4 Å². The molecule has 2 aromatic heterocycles. The number of aromatic amines is 1. The first-order valence-corrected chi connectivity index (χ1v) is 9.07. The summed E-state index contributed by atoms with van der Waals surface area (Å²) in [5, 5.41) is 6.28. The first-order chi connectivity index (χ1) is 11.9. The Balaban J connectivity index is 0.00000131. The van der Waals surface area contributed by atoms with Gasteiger partial charge in [0.25, 0.3) is 11.5 Å². The maximum Gasteiger partial charge on any atom is 0.274 e. The average molecular weight is 416 g/mol. The maximum absolute atomic E-state index is 13.0. The van der Waals surface area contributed by atoms with Crippen molar-refractivity contribution in [2.24, 2.45) is 24.6 Å². The molecule has 0 spiro atoms. The van der Waals surface area contributed by atoms with Gasteiger partial charge >= 0.3 is 0 Å². The quantitative estimate of drug-likeness (QED) is 0.697. The van der Waals surface area contributed by atoms with Crippen molar-refractivity contribution in [3.63, 3.8) is 0 Å². The second-order valence-electron chi connectivity index (χ2n) is 7.69. The molecule has 2 aliphatic rings. The molecule has 2 fully saturated rings. The Hall–Kier alpha value is -1.57. The van der Waals surface area contributed by atoms with E-state index in [0.717, 1.165) is 31.4 Å². The van der Waals surface area contributed by atoms with Gasteiger partial charge in [0.05, 0.1) is 10.9 Å². The van der Waals surface area contributed by atoms with Gasteiger partial charge in [-0.05, 0) is 50.5 Å². The predicted octanol–water partition coefficient (Wildman–Crippen LogP) is 2.05. The number of carbonyl (C=O) groups is 1. The first kappa shape index (κ1) is 21.7. The fourth-order valence-corrected chi connectivity index (χ4v) is 4.82. The zero-order chi connectivity index (χ0) is 17.7. The van der Waals surface area contributed by atoms with Gasteiger partial charge in [-0.3, -0.25) is 19.4 Å². The van der Waals surface area contributed by atoms with Crippen molar-refractivity contribution in [2.75, 3.05) is 0 Å². The number of fused-ring (bicyclic) bond motifs is 3. The van der Waals surface area contributed by atoms with Crippen LogP contribution >= 0.6 is 24.8 Å². The Labute approximate surface area is 170 Å². The van der Waals surface area contributed by atoms with Crippen LogP contribution in [0.25, 0.3) is 11.0 Å². The molecule has 2 heterocycles. The molecular formula is C18H27Cl2N5O2. The van der Waals surface area contributed by atoms with Crippen molar-refractivity contribution in [3.05, 3.63) is 27.7 Å². The highest BCUT2D eigenvalue weighted by Gasteiger charge is 2.40. The summed E-state index contributed by atoms with van der Waals surface area (Å²) < 4.78 is 1.57. The van der Waals surface area contributed by atoms with Crippen molar-refractivity contribution in [3.8, 4) is 0 Å². The summed E-state index contributed by atoms with van der Waals surface area (Å²) in [5.41, 5.74) is 7.55. The van der Waals surface area contributed by atoms with E-state index >= 15 is 0 Å². The number of aryl methyl sites for hydroxylation is 2. The maximum atomic E-state index is 13.0. The van der Waals surface area contributed by atoms with Crippen molar-refractivity contribution >= 4 is 41.8 Å². The van der Waals surface area contributed by atoms with Crippen molar-refractivity contribution in [1.29, 1.82) is 0 Å². The molecule has 0 radical (unpaired) electrons. The molecule has 150 valence electrons. The molecule has 0 saturated heterocycles. The third kappa shape index (κ3) is 3.86. The average Bonchev–Trinajstić information content (AvgIpc) is 2.82. The molecule has 27 heavy (non-hydrogen) atoms. The second kappa shape index (κ2) is 8.20. The lowest BCUT2D eigenvalue weighted by Gasteiger charge is -2.45. The molecule has 7 nitrogen and oxygen atoms in total. The molecule has 2 aromatic rings. The van der Waals surface area contributed by atoms with E-state index in [4.69, 9.17) is 5.73 Å². The molecular weight excluding hydrogens is 389 g/mol. The minimum absolute atomic E-state index is 0. The van der Waals surface area contributed by atoms with Crippen molar-refractivity contribution in [2.45, 2.75) is 51.1 Å². The molecule has 4 rings (SSSR count). The van der Waals surface area contributed by atoms with E-state index < -0.39 is 0 Å². The lowest BCUT2D eigenvalue weighted by atomic mass is 9.67. The fourth-order valence-electron chi connectivity index (χ4n) is 4.82. The number of carbonyl (C=O) groups excluding carboxylic acids is 1. The number of amides is 1. The van der Waals surface area contributed by atoms with Gasteiger partial charge in [0.15, 0.2) is 5.65 Å². The van der Waals surface area contributed by atoms with Gasteiger partial charge in [0, 0.05) is 24.8 Å². The van der Waals surface area contributed by atoms with Gasteiger partial charge in [-0.2, -0.15) is 0 Å². The lowest BCUT2D eigenvalue weighted by Crippen LogP contribution is -2.53. The molecule has 0 aliphatic heterocycles. The van der Waals surface area contributed by atoms with Crippen LogP contribution in [0.2, 0.25) is 0 Å². The number of halogens is 2. The summed E-state index contributed by atoms with van der Waals surface area (Å²) in [6.07, 6.45) is 5.39. The van der Waals surface area contributed by atoms with Gasteiger partial charge in [-0.1, -0.05) is 6.42 Å². The van der Waals surface area contributed by atoms with E-state index in [-0.39, 0.29) is 48.4 Å². The van der Waals surface area contributed by atoms with Crippen LogP contribution in [0.4, 0.5) is 0 Å². The normalized spacial score (nSPS) is 26.8. The number of rotatable bonds is 2. The molecule has 9 heteroatoms. The Morgan fingerprint density at radius 2 is 1.93 bits per heavy atom. The van der Waals surface area contributed by atoms with Gasteiger partial charge in [-0.25, -0.2) is 4.98 Å². The molecule has 2 saturated carbocycles. The Kier molecular flexibility index (Phi) is 6.60. The zero-order valence-corrected chi connectivity index (χ0v) is 17.2. The van der Waals surface area contributed by atoms with Crippen LogP contribution in [0.15, 0.2) is 10.9 Å². The monoisotopic (exact) mass is 415 g/mol. The summed E-state index contributed by atoms with van der Waals surface area (Å²) in [7, 11) is 1.73. The number of nitrogens with zero attached hydrogens (tertiary/aromatic N) is 2. The molecule has 2 atom stereocenters. The van der Waals surface area contributed by atoms with Crippen LogP contribution < -0.4 is 16.6 Å². The Morgan fingerprint density at radius 1 is 1.30 bits per heavy atom. The number of H-pyrrole nitrogens is 1. The van der Waals surface area contributed by atoms with Gasteiger partial charge in [0.1, 0.15) is 0 Å². The number of hydrogen-bond donors (Lipinski definition) is 3. The third-order valence-corrected chi connectivity index (χ3v) is 5.86. The molecule has 0 aromatic carbocycles. The number of nitrogens with one attached hydrogen (secondary N) is 2. The summed E-state index contributed by atoms with van der Waals surface area (Å²) in [6.45, 7) is 1.84. The highest BCUT2D eigenvalue weighted by atomic mass is 35.5. The second-order valence-corrected chi connectivity index (χ2v) is 7.69. The minimum Gasteiger partial charge on any atom is -0.349 e. The highest BCUT2D eigenvalue weighted by Crippen LogP contribution is 2.39. The largest absolute Gasteiger partial charge is 0.349 e. The van der Waals surface area contributed by atoms with Gasteiger partial charge < -0.3 is 11.1 Å². The van der Waals surface area contributed by atoms with E-state index in [9.17, 15) is 9.59 Å². The van der Waals surface area contributed by atoms with E-state index in [0.29, 0.717) is 28.4 Å². The van der Waals surface area contributed by atoms with Crippen molar-refractivity contribution in [1.82, 2.24) is 20.1 Å². The van der Waals surface area contributed by atoms with Crippen LogP contribution in [-0.2, 0) is 7.05 Å². The molecule has 2 bridgehead atoms. The first-order valence-electron chi connectivity index (χ1n) is 9.07. The molecule has 2 aliphatic carbocycles. The number of aromatic nitrogens is 3. The SMILES string of the molecule is Cc1cc(C(=O)NC2C3CCCC2CC(N)C3)c2c(=O)[nH]n(C)c2n1.Cl.Cl. The molecule has 4 N–H and O–H groups in total. The molecule has 2 unspecified atom stereocenters. The highest BCUT2D eigenvalue weighted by molar-refractivity contribution is 6.05. The minimum atomic E-state index is -0.277. The summed E-state index contributed by atoms with van der Waals surface area (Å²) in [4.78, 5) is 29.7. The summed E-state index contributed by atoms with van der Waals surface area (Å²) in [5.74, 6) is 0.711. The standard InChI is InChI=1S/C18H25N5O2.2ClH/c1-9-6-13(14-16(20-9)23(2)22-18(14)25)17(24)21-15-10-4-3-5-11(15)8-12(19)7-10;;/h6,10-12,15H,3-5,7-8,19H2,1-2H3,(H,21,24)(H,22,25);2*1H. The predicted molar refractivity (Wildman–Crippen MR) is 110 cm³/mol. The Morgan fingerprint density at radius 3 is 2.56 bits per heavy atom. The lowest BCUT2D eigenvalue weighted by molar-refractivity contribution is 0.0757. The van der Waals surface area contributed by atoms with Crippen LogP contribution in [0.1, 0.15) is 48.2 Å². The van der Waals surface area contributed by atoms with Gasteiger partial charge in [0.2, 0.25) is 0 Å². The Bertz CT molecular complexity index is 880. The van der Waals surface area contributed by atoms with Crippen molar-refractivity contribution < 1.29 is 4.79 Å². The smallest absolute Gasteiger partial charge is 0.274 e. The third-order valence-electron chi connectivity index (χ3n) is 5.86. The van der Waals surface area contributed by atoms with Crippen LogP contribution in [0.5, 0.6) is 0 Å². The van der Waals surface area contributed by atoms with Gasteiger partial charge in [-0.15, -0.1) is 24.8 Å². The van der Waals surface area contributed by atoms with Crippen LogP contribution in [0, 0.1) is 18.8 Å². The van der Waals surface area contributed by atoms with E-state index in [1.54, 1.807) is 17.8 Å². The zero-order valence-electron chi connectivity index (χ0n) is 15.5. The van der Waals surface area contributed by atoms with Crippen LogP contribution in [0.3, 0.4) is 0 Å².